The van der Waals surface area contributed by atoms with E-state index in [-0.39, 0.29) is 11.9 Å². The Balaban J connectivity index is 2.51. The van der Waals surface area contributed by atoms with Crippen LogP contribution in [0.2, 0.25) is 0 Å². The molecule has 5 nitrogen and oxygen atoms in total. The first-order valence-corrected chi connectivity index (χ1v) is 5.52. The summed E-state index contributed by atoms with van der Waals surface area (Å²) in [7, 11) is 3.62. The van der Waals surface area contributed by atoms with Crippen molar-refractivity contribution in [3.8, 4) is 0 Å². The first-order valence-electron chi connectivity index (χ1n) is 5.52. The zero-order valence-corrected chi connectivity index (χ0v) is 10.2. The van der Waals surface area contributed by atoms with Gasteiger partial charge in [0.05, 0.1) is 12.2 Å². The van der Waals surface area contributed by atoms with Gasteiger partial charge in [0.25, 0.3) is 0 Å². The van der Waals surface area contributed by atoms with Gasteiger partial charge in [-0.15, -0.1) is 0 Å². The molecule has 0 fully saturated rings. The number of nitrogens with zero attached hydrogens (tertiary/aromatic N) is 3. The molecule has 0 saturated heterocycles. The third kappa shape index (κ3) is 3.34. The van der Waals surface area contributed by atoms with Crippen LogP contribution in [0.3, 0.4) is 0 Å². The molecule has 1 aromatic heterocycles. The highest BCUT2D eigenvalue weighted by atomic mass is 16.2. The Bertz CT molecular complexity index is 348. The van der Waals surface area contributed by atoms with E-state index in [1.54, 1.807) is 22.8 Å². The van der Waals surface area contributed by atoms with Crippen molar-refractivity contribution in [2.45, 2.75) is 32.4 Å². The maximum absolute atomic E-state index is 11.8. The molecule has 1 heterocycles. The number of hydrogen-bond donors (Lipinski definition) is 1. The number of hydrogen-bond acceptors (Lipinski definition) is 3. The molecule has 1 rings (SSSR count). The van der Waals surface area contributed by atoms with Crippen molar-refractivity contribution in [2.24, 2.45) is 12.8 Å². The number of nitrogens with two attached hydrogens (primary N) is 1. The van der Waals surface area contributed by atoms with E-state index in [1.807, 2.05) is 20.2 Å². The molecule has 0 saturated carbocycles. The lowest BCUT2D eigenvalue weighted by atomic mass is 10.1. The number of aromatic nitrogens is 2. The molecular formula is C11H20N4O. The van der Waals surface area contributed by atoms with Crippen LogP contribution in [0, 0.1) is 0 Å². The van der Waals surface area contributed by atoms with Crippen molar-refractivity contribution < 1.29 is 4.79 Å². The Hall–Kier alpha value is -1.36. The Morgan fingerprint density at radius 3 is 2.88 bits per heavy atom. The van der Waals surface area contributed by atoms with Gasteiger partial charge in [0, 0.05) is 32.4 Å². The maximum atomic E-state index is 11.8. The SMILES string of the molecule is CCC[C@H](N)C(=O)N(C)Cc1cnn(C)c1. The monoisotopic (exact) mass is 224 g/mol. The van der Waals surface area contributed by atoms with Gasteiger partial charge in [-0.25, -0.2) is 0 Å². The summed E-state index contributed by atoms with van der Waals surface area (Å²) in [5.41, 5.74) is 6.79. The van der Waals surface area contributed by atoms with Gasteiger partial charge >= 0.3 is 0 Å². The van der Waals surface area contributed by atoms with Crippen LogP contribution in [0.4, 0.5) is 0 Å². The van der Waals surface area contributed by atoms with Gasteiger partial charge in [0.15, 0.2) is 0 Å². The number of carbonyl (C=O) groups is 1. The molecule has 0 aliphatic rings. The summed E-state index contributed by atoms with van der Waals surface area (Å²) in [6, 6.07) is -0.383. The molecule has 0 bridgehead atoms. The molecule has 90 valence electrons. The van der Waals surface area contributed by atoms with Gasteiger partial charge in [0.2, 0.25) is 5.91 Å². The van der Waals surface area contributed by atoms with E-state index >= 15 is 0 Å². The zero-order chi connectivity index (χ0) is 12.1. The number of likely N-dealkylation sites (N-methyl/N-ethyl adjacent to an activating group) is 1. The van der Waals surface area contributed by atoms with Gasteiger partial charge in [-0.05, 0) is 6.42 Å². The summed E-state index contributed by atoms with van der Waals surface area (Å²) < 4.78 is 1.72. The largest absolute Gasteiger partial charge is 0.340 e. The first kappa shape index (κ1) is 12.7. The molecule has 0 spiro atoms. The number of amides is 1. The standard InChI is InChI=1S/C11H20N4O/c1-4-5-10(12)11(16)14(2)7-9-6-13-15(3)8-9/h6,8,10H,4-5,7,12H2,1-3H3/t10-/m0/s1. The minimum absolute atomic E-state index is 0.00861. The summed E-state index contributed by atoms with van der Waals surface area (Å²) in [6.07, 6.45) is 5.31. The molecule has 5 heteroatoms. The minimum Gasteiger partial charge on any atom is -0.340 e. The average Bonchev–Trinajstić information content (AvgIpc) is 2.63. The second-order valence-corrected chi connectivity index (χ2v) is 4.11. The molecule has 0 aliphatic carbocycles. The van der Waals surface area contributed by atoms with Crippen LogP contribution in [0.25, 0.3) is 0 Å². The van der Waals surface area contributed by atoms with Crippen molar-refractivity contribution in [2.75, 3.05) is 7.05 Å². The fraction of sp³-hybridized carbons (Fsp3) is 0.636. The Morgan fingerprint density at radius 2 is 2.38 bits per heavy atom. The van der Waals surface area contributed by atoms with Crippen LogP contribution in [0.15, 0.2) is 12.4 Å². The van der Waals surface area contributed by atoms with Crippen LogP contribution < -0.4 is 5.73 Å². The summed E-state index contributed by atoms with van der Waals surface area (Å²) in [6.45, 7) is 2.58. The second kappa shape index (κ2) is 5.65. The van der Waals surface area contributed by atoms with Crippen LogP contribution in [-0.2, 0) is 18.4 Å². The van der Waals surface area contributed by atoms with Crippen LogP contribution >= 0.6 is 0 Å². The van der Waals surface area contributed by atoms with Crippen molar-refractivity contribution >= 4 is 5.91 Å². The lowest BCUT2D eigenvalue weighted by Crippen LogP contribution is -2.41. The molecule has 0 aromatic carbocycles. The molecule has 0 aliphatic heterocycles. The van der Waals surface area contributed by atoms with Crippen molar-refractivity contribution in [3.05, 3.63) is 18.0 Å². The predicted octanol–water partition coefficient (Wildman–Crippen LogP) is 0.506. The molecular weight excluding hydrogens is 204 g/mol. The third-order valence-electron chi connectivity index (χ3n) is 2.47. The lowest BCUT2D eigenvalue weighted by Gasteiger charge is -2.20. The molecule has 0 radical (unpaired) electrons. The molecule has 16 heavy (non-hydrogen) atoms. The number of carbonyl (C=O) groups excluding carboxylic acids is 1. The molecule has 1 amide bonds. The number of rotatable bonds is 5. The summed E-state index contributed by atoms with van der Waals surface area (Å²) in [5, 5.41) is 4.06. The molecule has 2 N–H and O–H groups in total. The maximum Gasteiger partial charge on any atom is 0.239 e. The van der Waals surface area contributed by atoms with Crippen LogP contribution in [0.5, 0.6) is 0 Å². The quantitative estimate of drug-likeness (QED) is 0.792. The normalized spacial score (nSPS) is 12.5. The van der Waals surface area contributed by atoms with E-state index < -0.39 is 0 Å². The second-order valence-electron chi connectivity index (χ2n) is 4.11. The molecule has 1 aromatic rings. The smallest absolute Gasteiger partial charge is 0.239 e. The van der Waals surface area contributed by atoms with Crippen LogP contribution in [0.1, 0.15) is 25.3 Å². The minimum atomic E-state index is -0.383. The first-order chi connectivity index (χ1) is 7.54. The van der Waals surface area contributed by atoms with E-state index in [0.717, 1.165) is 18.4 Å². The van der Waals surface area contributed by atoms with Crippen molar-refractivity contribution in [1.82, 2.24) is 14.7 Å². The fourth-order valence-corrected chi connectivity index (χ4v) is 1.62. The van der Waals surface area contributed by atoms with Gasteiger partial charge < -0.3 is 10.6 Å². The van der Waals surface area contributed by atoms with E-state index in [1.165, 1.54) is 0 Å². The Labute approximate surface area is 96.2 Å². The highest BCUT2D eigenvalue weighted by Crippen LogP contribution is 2.04. The number of aryl methyl sites for hydroxylation is 1. The highest BCUT2D eigenvalue weighted by molar-refractivity contribution is 5.81. The summed E-state index contributed by atoms with van der Waals surface area (Å²) in [5.74, 6) is -0.00861. The fourth-order valence-electron chi connectivity index (χ4n) is 1.62. The van der Waals surface area contributed by atoms with E-state index in [9.17, 15) is 4.79 Å². The molecule has 0 unspecified atom stereocenters. The van der Waals surface area contributed by atoms with Gasteiger partial charge in [0.1, 0.15) is 0 Å². The van der Waals surface area contributed by atoms with Crippen LogP contribution in [-0.4, -0.2) is 33.7 Å². The molecule has 1 atom stereocenters. The van der Waals surface area contributed by atoms with E-state index in [2.05, 4.69) is 5.10 Å². The predicted molar refractivity (Wildman–Crippen MR) is 62.6 cm³/mol. The van der Waals surface area contributed by atoms with Gasteiger partial charge in [-0.3, -0.25) is 9.48 Å². The van der Waals surface area contributed by atoms with Crippen molar-refractivity contribution in [3.63, 3.8) is 0 Å². The van der Waals surface area contributed by atoms with Gasteiger partial charge in [-0.2, -0.15) is 5.10 Å². The summed E-state index contributed by atoms with van der Waals surface area (Å²) >= 11 is 0. The third-order valence-corrected chi connectivity index (χ3v) is 2.47. The summed E-state index contributed by atoms with van der Waals surface area (Å²) in [4.78, 5) is 13.5. The Morgan fingerprint density at radius 1 is 1.69 bits per heavy atom. The zero-order valence-electron chi connectivity index (χ0n) is 10.2. The van der Waals surface area contributed by atoms with E-state index in [4.69, 9.17) is 5.73 Å². The van der Waals surface area contributed by atoms with E-state index in [0.29, 0.717) is 6.54 Å². The average molecular weight is 224 g/mol. The lowest BCUT2D eigenvalue weighted by molar-refractivity contribution is -0.131. The topological polar surface area (TPSA) is 64.2 Å². The van der Waals surface area contributed by atoms with Crippen molar-refractivity contribution in [1.29, 1.82) is 0 Å². The highest BCUT2D eigenvalue weighted by Gasteiger charge is 2.17. The Kier molecular flexibility index (Phi) is 4.49. The van der Waals surface area contributed by atoms with Gasteiger partial charge in [-0.1, -0.05) is 13.3 Å².